The largest absolute Gasteiger partial charge is 0.417 e. The number of benzene rings is 2. The lowest BCUT2D eigenvalue weighted by molar-refractivity contribution is -0.138. The number of carbonyl (C=O) groups is 1. The summed E-state index contributed by atoms with van der Waals surface area (Å²) < 4.78 is 70.5. The second kappa shape index (κ2) is 12.0. The predicted molar refractivity (Wildman–Crippen MR) is 155 cm³/mol. The van der Waals surface area contributed by atoms with E-state index in [0.29, 0.717) is 43.4 Å². The molecule has 0 radical (unpaired) electrons. The molecule has 2 saturated heterocycles. The van der Waals surface area contributed by atoms with E-state index >= 15 is 4.39 Å². The molecule has 1 amide bonds. The Bertz CT molecular complexity index is 1460. The van der Waals surface area contributed by atoms with Gasteiger partial charge >= 0.3 is 6.18 Å². The quantitative estimate of drug-likeness (QED) is 0.352. The average molecular weight is 604 g/mol. The van der Waals surface area contributed by atoms with Crippen molar-refractivity contribution < 1.29 is 26.7 Å². The van der Waals surface area contributed by atoms with Crippen molar-refractivity contribution >= 4 is 23.2 Å². The average Bonchev–Trinajstić information content (AvgIpc) is 2.92. The van der Waals surface area contributed by atoms with Crippen LogP contribution in [0.25, 0.3) is 11.1 Å². The molecule has 3 N–H and O–H groups in total. The molecule has 4 atom stereocenters. The summed E-state index contributed by atoms with van der Waals surface area (Å²) in [6.45, 7) is 10.4. The third-order valence-corrected chi connectivity index (χ3v) is 7.55. The first-order valence-corrected chi connectivity index (χ1v) is 14.1. The lowest BCUT2D eigenvalue weighted by Gasteiger charge is -2.38. The zero-order chi connectivity index (χ0) is 31.1. The Kier molecular flexibility index (Phi) is 8.57. The lowest BCUT2D eigenvalue weighted by Crippen LogP contribution is -2.54. The summed E-state index contributed by atoms with van der Waals surface area (Å²) in [5.41, 5.74) is -1.34. The fraction of sp³-hybridized carbons (Fsp3) is 0.433. The number of amides is 1. The molecule has 0 saturated carbocycles. The minimum absolute atomic E-state index is 0.0281. The summed E-state index contributed by atoms with van der Waals surface area (Å²) in [4.78, 5) is 26.1. The standard InChI is InChI=1S/C30H34F5N7O/c1-16-12-41(13-17(2)38-16)27-9-25(32)23(20-10-36-29(37-11-20)42-14-18(3)39-19(4)15-42)8-26(27)40-28(43)22-6-5-21(31)7-24(22)30(33,34)35/h5-11,16-19,38-39H,12-15H2,1-4H3,(H,40,43)/t16-,17+,18-,19+. The van der Waals surface area contributed by atoms with E-state index < -0.39 is 34.8 Å². The van der Waals surface area contributed by atoms with E-state index in [4.69, 9.17) is 0 Å². The molecule has 0 bridgehead atoms. The highest BCUT2D eigenvalue weighted by molar-refractivity contribution is 6.07. The van der Waals surface area contributed by atoms with Gasteiger partial charge in [-0.15, -0.1) is 0 Å². The van der Waals surface area contributed by atoms with Crippen molar-refractivity contribution in [1.82, 2.24) is 20.6 Å². The Morgan fingerprint density at radius 1 is 0.860 bits per heavy atom. The van der Waals surface area contributed by atoms with Crippen molar-refractivity contribution in [3.8, 4) is 11.1 Å². The molecule has 2 aliphatic rings. The number of hydrogen-bond acceptors (Lipinski definition) is 7. The first-order valence-electron chi connectivity index (χ1n) is 14.1. The molecule has 2 aliphatic heterocycles. The maximum atomic E-state index is 15.7. The number of hydrogen-bond donors (Lipinski definition) is 3. The van der Waals surface area contributed by atoms with Crippen LogP contribution in [0, 0.1) is 11.6 Å². The predicted octanol–water partition coefficient (Wildman–Crippen LogP) is 5.07. The minimum atomic E-state index is -4.96. The Hall–Kier alpha value is -3.84. The SMILES string of the molecule is C[C@@H]1CN(c2ncc(-c3cc(NC(=O)c4ccc(F)cc4C(F)(F)F)c(N4C[C@@H](C)N[C@@H](C)C4)cc3F)cn2)C[C@H](C)N1. The summed E-state index contributed by atoms with van der Waals surface area (Å²) in [6, 6.07) is 5.03. The van der Waals surface area contributed by atoms with Crippen LogP contribution in [0.3, 0.4) is 0 Å². The number of carbonyl (C=O) groups excluding carboxylic acids is 1. The zero-order valence-electron chi connectivity index (χ0n) is 24.3. The molecule has 5 rings (SSSR count). The van der Waals surface area contributed by atoms with Crippen LogP contribution in [-0.2, 0) is 6.18 Å². The number of alkyl halides is 3. The number of nitrogens with one attached hydrogen (secondary N) is 3. The van der Waals surface area contributed by atoms with Crippen LogP contribution in [0.4, 0.5) is 39.3 Å². The van der Waals surface area contributed by atoms with Crippen molar-refractivity contribution in [3.05, 3.63) is 65.5 Å². The van der Waals surface area contributed by atoms with Crippen LogP contribution < -0.4 is 25.8 Å². The van der Waals surface area contributed by atoms with E-state index in [0.717, 1.165) is 12.1 Å². The zero-order valence-corrected chi connectivity index (χ0v) is 24.3. The minimum Gasteiger partial charge on any atom is -0.367 e. The molecule has 0 aliphatic carbocycles. The molecule has 3 aromatic rings. The van der Waals surface area contributed by atoms with E-state index in [9.17, 15) is 22.4 Å². The number of nitrogens with zero attached hydrogens (tertiary/aromatic N) is 4. The molecule has 2 aromatic carbocycles. The molecule has 2 fully saturated rings. The molecular weight excluding hydrogens is 569 g/mol. The summed E-state index contributed by atoms with van der Waals surface area (Å²) in [7, 11) is 0. The molecule has 230 valence electrons. The van der Waals surface area contributed by atoms with Gasteiger partial charge in [-0.1, -0.05) is 0 Å². The van der Waals surface area contributed by atoms with E-state index in [1.54, 1.807) is 0 Å². The van der Waals surface area contributed by atoms with Gasteiger partial charge in [0.2, 0.25) is 5.95 Å². The highest BCUT2D eigenvalue weighted by Gasteiger charge is 2.36. The van der Waals surface area contributed by atoms with Gasteiger partial charge in [-0.25, -0.2) is 18.7 Å². The monoisotopic (exact) mass is 603 g/mol. The van der Waals surface area contributed by atoms with Crippen LogP contribution >= 0.6 is 0 Å². The first-order chi connectivity index (χ1) is 20.3. The van der Waals surface area contributed by atoms with Gasteiger partial charge in [0.25, 0.3) is 5.91 Å². The van der Waals surface area contributed by atoms with Crippen molar-refractivity contribution in [2.75, 3.05) is 41.3 Å². The molecule has 8 nitrogen and oxygen atoms in total. The smallest absolute Gasteiger partial charge is 0.367 e. The van der Waals surface area contributed by atoms with Gasteiger partial charge in [-0.05, 0) is 58.0 Å². The molecule has 13 heteroatoms. The van der Waals surface area contributed by atoms with Gasteiger partial charge in [-0.3, -0.25) is 4.79 Å². The highest BCUT2D eigenvalue weighted by atomic mass is 19.4. The normalized spacial score (nSPS) is 22.9. The summed E-state index contributed by atoms with van der Waals surface area (Å²) >= 11 is 0. The van der Waals surface area contributed by atoms with Crippen LogP contribution in [0.15, 0.2) is 42.7 Å². The number of rotatable bonds is 5. The van der Waals surface area contributed by atoms with E-state index in [1.807, 2.05) is 23.6 Å². The van der Waals surface area contributed by atoms with Gasteiger partial charge in [0.05, 0.1) is 22.5 Å². The van der Waals surface area contributed by atoms with Gasteiger partial charge in [0.1, 0.15) is 11.6 Å². The third kappa shape index (κ3) is 6.88. The maximum Gasteiger partial charge on any atom is 0.417 e. The Morgan fingerprint density at radius 3 is 1.98 bits per heavy atom. The summed E-state index contributed by atoms with van der Waals surface area (Å²) in [6.07, 6.45) is -1.99. The van der Waals surface area contributed by atoms with Crippen LogP contribution in [0.5, 0.6) is 0 Å². The fourth-order valence-corrected chi connectivity index (χ4v) is 5.92. The fourth-order valence-electron chi connectivity index (χ4n) is 5.92. The highest BCUT2D eigenvalue weighted by Crippen LogP contribution is 2.37. The van der Waals surface area contributed by atoms with E-state index in [-0.39, 0.29) is 41.5 Å². The summed E-state index contributed by atoms with van der Waals surface area (Å²) in [5.74, 6) is -2.33. The van der Waals surface area contributed by atoms with E-state index in [2.05, 4.69) is 39.8 Å². The van der Waals surface area contributed by atoms with E-state index in [1.165, 1.54) is 24.5 Å². The Balaban J connectivity index is 1.52. The summed E-state index contributed by atoms with van der Waals surface area (Å²) in [5, 5.41) is 9.37. The molecule has 3 heterocycles. The van der Waals surface area contributed by atoms with Crippen molar-refractivity contribution in [1.29, 1.82) is 0 Å². The second-order valence-corrected chi connectivity index (χ2v) is 11.5. The molecule has 0 unspecified atom stereocenters. The first kappa shape index (κ1) is 30.6. The number of aromatic nitrogens is 2. The van der Waals surface area contributed by atoms with Gasteiger partial charge in [-0.2, -0.15) is 13.2 Å². The maximum absolute atomic E-state index is 15.7. The Labute approximate surface area is 246 Å². The number of piperazine rings is 2. The van der Waals surface area contributed by atoms with Crippen molar-refractivity contribution in [3.63, 3.8) is 0 Å². The number of anilines is 3. The number of halogens is 5. The van der Waals surface area contributed by atoms with Crippen molar-refractivity contribution in [2.24, 2.45) is 0 Å². The molecular formula is C30H34F5N7O. The second-order valence-electron chi connectivity index (χ2n) is 11.5. The Morgan fingerprint density at radius 2 is 1.42 bits per heavy atom. The van der Waals surface area contributed by atoms with Gasteiger partial charge in [0, 0.05) is 73.9 Å². The lowest BCUT2D eigenvalue weighted by atomic mass is 10.0. The van der Waals surface area contributed by atoms with Crippen LogP contribution in [-0.4, -0.2) is 66.2 Å². The van der Waals surface area contributed by atoms with Crippen molar-refractivity contribution in [2.45, 2.75) is 58.0 Å². The van der Waals surface area contributed by atoms with Crippen LogP contribution in [0.2, 0.25) is 0 Å². The van der Waals surface area contributed by atoms with Crippen LogP contribution in [0.1, 0.15) is 43.6 Å². The topological polar surface area (TPSA) is 85.4 Å². The van der Waals surface area contributed by atoms with Gasteiger partial charge in [0.15, 0.2) is 0 Å². The molecule has 0 spiro atoms. The third-order valence-electron chi connectivity index (χ3n) is 7.55. The molecule has 1 aromatic heterocycles. The molecule has 43 heavy (non-hydrogen) atoms. The van der Waals surface area contributed by atoms with Gasteiger partial charge < -0.3 is 25.8 Å².